The average Bonchev–Trinajstić information content (AvgIpc) is 2.10. The summed E-state index contributed by atoms with van der Waals surface area (Å²) in [5, 5.41) is 6.44. The fraction of sp³-hybridized carbons (Fsp3) is 0.700. The van der Waals surface area contributed by atoms with Gasteiger partial charge in [0.15, 0.2) is 0 Å². The van der Waals surface area contributed by atoms with Crippen LogP contribution in [0.25, 0.3) is 0 Å². The van der Waals surface area contributed by atoms with E-state index in [1.165, 1.54) is 17.3 Å². The molecule has 0 bridgehead atoms. The second-order valence-corrected chi connectivity index (χ2v) is 3.20. The summed E-state index contributed by atoms with van der Waals surface area (Å²) >= 11 is 1.50. The van der Waals surface area contributed by atoms with Crippen molar-refractivity contribution < 1.29 is 0 Å². The van der Waals surface area contributed by atoms with Gasteiger partial charge in [-0.1, -0.05) is 40.7 Å². The molecule has 0 aliphatic heterocycles. The summed E-state index contributed by atoms with van der Waals surface area (Å²) < 4.78 is 0. The Labute approximate surface area is 82.2 Å². The van der Waals surface area contributed by atoms with Gasteiger partial charge in [-0.2, -0.15) is 0 Å². The van der Waals surface area contributed by atoms with E-state index in [0.29, 0.717) is 5.92 Å². The predicted octanol–water partition coefficient (Wildman–Crippen LogP) is 4.20. The fourth-order valence-corrected chi connectivity index (χ4v) is 0.250. The van der Waals surface area contributed by atoms with Crippen LogP contribution in [-0.4, -0.2) is 11.3 Å². The second-order valence-electron chi connectivity index (χ2n) is 2.05. The minimum Gasteiger partial charge on any atom is -0.302 e. The molecule has 0 aromatic carbocycles. The van der Waals surface area contributed by atoms with Crippen molar-refractivity contribution in [3.63, 3.8) is 0 Å². The highest BCUT2D eigenvalue weighted by atomic mass is 32.2. The lowest BCUT2D eigenvalue weighted by Crippen LogP contribution is -1.71. The van der Waals surface area contributed by atoms with Gasteiger partial charge in [0, 0.05) is 0 Å². The van der Waals surface area contributed by atoms with Crippen molar-refractivity contribution in [2.24, 2.45) is 5.92 Å². The van der Waals surface area contributed by atoms with Crippen molar-refractivity contribution in [2.45, 2.75) is 34.6 Å². The van der Waals surface area contributed by atoms with Crippen molar-refractivity contribution in [3.8, 4) is 0 Å². The molecule has 12 heavy (non-hydrogen) atoms. The predicted molar refractivity (Wildman–Crippen MR) is 63.3 cm³/mol. The molecule has 0 saturated carbocycles. The third kappa shape index (κ3) is 53.0. The van der Waals surface area contributed by atoms with E-state index < -0.39 is 0 Å². The first-order chi connectivity index (χ1) is 5.68. The van der Waals surface area contributed by atoms with Crippen molar-refractivity contribution in [3.05, 3.63) is 12.7 Å². The van der Waals surface area contributed by atoms with Gasteiger partial charge in [-0.15, -0.1) is 18.3 Å². The van der Waals surface area contributed by atoms with Gasteiger partial charge in [-0.05, 0) is 11.7 Å². The standard InChI is InChI=1S/C5H10.C3H7NS.C2H6/c1-4-5(2)3;1-2-5-3-4;1-2/h4-5H,1H2,2-3H3;3-4H,2H2,1H3;1-2H3. The highest BCUT2D eigenvalue weighted by Crippen LogP contribution is 1.87. The number of allylic oxidation sites excluding steroid dienone is 1. The molecule has 74 valence electrons. The molecule has 0 unspecified atom stereocenters. The Kier molecular flexibility index (Phi) is 33.2. The fourth-order valence-electron chi connectivity index (χ4n) is 0.0833. The Morgan fingerprint density at radius 3 is 1.75 bits per heavy atom. The summed E-state index contributed by atoms with van der Waals surface area (Å²) in [6, 6.07) is 0. The van der Waals surface area contributed by atoms with Crippen LogP contribution in [-0.2, 0) is 0 Å². The molecule has 1 N–H and O–H groups in total. The van der Waals surface area contributed by atoms with Crippen LogP contribution in [0, 0.1) is 11.3 Å². The quantitative estimate of drug-likeness (QED) is 0.401. The number of thioether (sulfide) groups is 1. The molecule has 0 rings (SSSR count). The monoisotopic (exact) mass is 189 g/mol. The van der Waals surface area contributed by atoms with Crippen LogP contribution < -0.4 is 0 Å². The van der Waals surface area contributed by atoms with Gasteiger partial charge in [0.25, 0.3) is 0 Å². The van der Waals surface area contributed by atoms with Crippen molar-refractivity contribution in [1.29, 1.82) is 5.41 Å². The molecule has 0 aliphatic carbocycles. The Morgan fingerprint density at radius 1 is 1.42 bits per heavy atom. The third-order valence-corrected chi connectivity index (χ3v) is 1.22. The van der Waals surface area contributed by atoms with Gasteiger partial charge < -0.3 is 5.41 Å². The van der Waals surface area contributed by atoms with E-state index in [2.05, 4.69) is 20.4 Å². The minimum absolute atomic E-state index is 0.648. The van der Waals surface area contributed by atoms with E-state index in [-0.39, 0.29) is 0 Å². The smallest absolute Gasteiger partial charge is 0.0506 e. The Hall–Kier alpha value is -0.240. The van der Waals surface area contributed by atoms with E-state index in [1.807, 2.05) is 26.8 Å². The van der Waals surface area contributed by atoms with E-state index in [0.717, 1.165) is 5.75 Å². The van der Waals surface area contributed by atoms with Crippen LogP contribution in [0.1, 0.15) is 34.6 Å². The molecular weight excluding hydrogens is 166 g/mol. The highest BCUT2D eigenvalue weighted by Gasteiger charge is 1.73. The van der Waals surface area contributed by atoms with Gasteiger partial charge in [0.1, 0.15) is 0 Å². The van der Waals surface area contributed by atoms with E-state index in [4.69, 9.17) is 5.41 Å². The van der Waals surface area contributed by atoms with Crippen LogP contribution in [0.5, 0.6) is 0 Å². The lowest BCUT2D eigenvalue weighted by atomic mass is 10.2. The summed E-state index contributed by atoms with van der Waals surface area (Å²) in [6.07, 6.45) is 1.92. The van der Waals surface area contributed by atoms with Gasteiger partial charge in [0.05, 0.1) is 5.55 Å². The van der Waals surface area contributed by atoms with Crippen molar-refractivity contribution >= 4 is 17.3 Å². The van der Waals surface area contributed by atoms with Crippen LogP contribution in [0.2, 0.25) is 0 Å². The maximum atomic E-state index is 6.44. The molecule has 0 atom stereocenters. The van der Waals surface area contributed by atoms with E-state index in [1.54, 1.807) is 0 Å². The zero-order chi connectivity index (χ0) is 10.4. The maximum absolute atomic E-state index is 6.44. The first kappa shape index (κ1) is 17.7. The zero-order valence-corrected chi connectivity index (χ0v) is 9.87. The van der Waals surface area contributed by atoms with Crippen LogP contribution >= 0.6 is 11.8 Å². The molecule has 0 aromatic heterocycles. The SMILES string of the molecule is C=CC(C)C.CC.CCSC=N. The lowest BCUT2D eigenvalue weighted by Gasteiger charge is -1.84. The van der Waals surface area contributed by atoms with Gasteiger partial charge in [0.2, 0.25) is 0 Å². The Morgan fingerprint density at radius 2 is 1.75 bits per heavy atom. The summed E-state index contributed by atoms with van der Waals surface area (Å²) in [4.78, 5) is 0. The molecule has 0 radical (unpaired) electrons. The number of nitrogens with one attached hydrogen (secondary N) is 1. The molecule has 0 aromatic rings. The van der Waals surface area contributed by atoms with E-state index in [9.17, 15) is 0 Å². The average molecular weight is 189 g/mol. The molecule has 0 fully saturated rings. The molecule has 0 saturated heterocycles. The number of rotatable bonds is 3. The largest absolute Gasteiger partial charge is 0.302 e. The number of hydrogen-bond acceptors (Lipinski definition) is 2. The van der Waals surface area contributed by atoms with Crippen LogP contribution in [0.15, 0.2) is 12.7 Å². The topological polar surface area (TPSA) is 23.9 Å². The minimum atomic E-state index is 0.648. The maximum Gasteiger partial charge on any atom is 0.0506 e. The molecule has 1 nitrogen and oxygen atoms in total. The summed E-state index contributed by atoms with van der Waals surface area (Å²) in [6.45, 7) is 13.8. The zero-order valence-electron chi connectivity index (χ0n) is 9.05. The summed E-state index contributed by atoms with van der Waals surface area (Å²) in [5.41, 5.74) is 1.35. The normalized spacial score (nSPS) is 7.17. The first-order valence-electron chi connectivity index (χ1n) is 4.42. The van der Waals surface area contributed by atoms with Crippen molar-refractivity contribution in [2.75, 3.05) is 5.75 Å². The molecule has 0 heterocycles. The van der Waals surface area contributed by atoms with Crippen molar-refractivity contribution in [1.82, 2.24) is 0 Å². The Balaban J connectivity index is -0.000000112. The molecule has 2 heteroatoms. The molecule has 0 aliphatic rings. The van der Waals surface area contributed by atoms with Gasteiger partial charge in [-0.25, -0.2) is 0 Å². The third-order valence-electron chi connectivity index (χ3n) is 0.721. The highest BCUT2D eigenvalue weighted by molar-refractivity contribution is 8.11. The molecule has 0 spiro atoms. The summed E-state index contributed by atoms with van der Waals surface area (Å²) in [5.74, 6) is 1.67. The first-order valence-corrected chi connectivity index (χ1v) is 5.47. The second kappa shape index (κ2) is 22.4. The number of hydrogen-bond donors (Lipinski definition) is 1. The molecule has 0 amide bonds. The molecular formula is C10H23NS. The van der Waals surface area contributed by atoms with Crippen LogP contribution in [0.4, 0.5) is 0 Å². The van der Waals surface area contributed by atoms with E-state index >= 15 is 0 Å². The van der Waals surface area contributed by atoms with Gasteiger partial charge in [-0.3, -0.25) is 0 Å². The Bertz CT molecular complexity index is 79.9. The summed E-state index contributed by atoms with van der Waals surface area (Å²) in [7, 11) is 0. The lowest BCUT2D eigenvalue weighted by molar-refractivity contribution is 0.835. The van der Waals surface area contributed by atoms with Gasteiger partial charge >= 0.3 is 0 Å². The van der Waals surface area contributed by atoms with Crippen LogP contribution in [0.3, 0.4) is 0 Å².